The normalized spacial score (nSPS) is 23.0. The van der Waals surface area contributed by atoms with E-state index >= 15 is 0 Å². The number of nitrogens with one attached hydrogen (secondary N) is 1. The number of rotatable bonds is 3. The van der Waals surface area contributed by atoms with Crippen molar-refractivity contribution >= 4 is 22.5 Å². The molecule has 0 radical (unpaired) electrons. The molecule has 0 spiro atoms. The highest BCUT2D eigenvalue weighted by Gasteiger charge is 2.28. The zero-order chi connectivity index (χ0) is 19.1. The van der Waals surface area contributed by atoms with Crippen molar-refractivity contribution in [1.29, 1.82) is 0 Å². The first-order valence-electron chi connectivity index (χ1n) is 9.73. The van der Waals surface area contributed by atoms with Crippen LogP contribution < -0.4 is 10.9 Å². The van der Waals surface area contributed by atoms with Gasteiger partial charge in [-0.05, 0) is 37.3 Å². The quantitative estimate of drug-likeness (QED) is 0.775. The van der Waals surface area contributed by atoms with Gasteiger partial charge in [0.15, 0.2) is 5.65 Å². The van der Waals surface area contributed by atoms with E-state index in [1.807, 2.05) is 40.4 Å². The molecule has 142 valence electrons. The van der Waals surface area contributed by atoms with Crippen molar-refractivity contribution in [1.82, 2.24) is 19.5 Å². The molecule has 1 fully saturated rings. The molecule has 1 amide bonds. The minimum atomic E-state index is -0.259. The summed E-state index contributed by atoms with van der Waals surface area (Å²) in [5.74, 6) is 1.12. The third-order valence-electron chi connectivity index (χ3n) is 6.09. The lowest BCUT2D eigenvalue weighted by atomic mass is 9.78. The summed E-state index contributed by atoms with van der Waals surface area (Å²) in [5.41, 5.74) is 2.01. The van der Waals surface area contributed by atoms with Crippen molar-refractivity contribution in [3.8, 4) is 0 Å². The van der Waals surface area contributed by atoms with Crippen LogP contribution in [0.2, 0.25) is 0 Å². The van der Waals surface area contributed by atoms with Crippen LogP contribution in [0.15, 0.2) is 35.1 Å². The van der Waals surface area contributed by atoms with E-state index in [1.165, 1.54) is 12.5 Å². The van der Waals surface area contributed by atoms with Crippen molar-refractivity contribution in [3.05, 3.63) is 46.4 Å². The molecule has 0 saturated heterocycles. The predicted molar refractivity (Wildman–Crippen MR) is 106 cm³/mol. The summed E-state index contributed by atoms with van der Waals surface area (Å²) in [4.78, 5) is 29.0. The molecular weight excluding hydrogens is 340 g/mol. The third-order valence-corrected chi connectivity index (χ3v) is 6.09. The van der Waals surface area contributed by atoms with Gasteiger partial charge in [0.05, 0.1) is 5.52 Å². The highest BCUT2D eigenvalue weighted by atomic mass is 16.2. The van der Waals surface area contributed by atoms with E-state index in [-0.39, 0.29) is 24.1 Å². The standard InChI is InChI=1S/C21H26N4O2/c1-13-7-6-9-17(15(13)3)22-20(27)12-24-18-10-5-4-8-16(18)21-23-19(26)11-14(2)25(21)24/h4-5,8,10-11,13,15,17H,6-7,9,12H2,1-3H3,(H,22,27)/t13-,15+,17+/m0/s1. The van der Waals surface area contributed by atoms with Crippen LogP contribution in [0, 0.1) is 18.8 Å². The molecule has 0 bridgehead atoms. The molecule has 3 atom stereocenters. The Bertz CT molecular complexity index is 1070. The van der Waals surface area contributed by atoms with Gasteiger partial charge in [-0.25, -0.2) is 4.52 Å². The molecule has 0 unspecified atom stereocenters. The largest absolute Gasteiger partial charge is 0.351 e. The van der Waals surface area contributed by atoms with E-state index in [0.29, 0.717) is 17.5 Å². The zero-order valence-corrected chi connectivity index (χ0v) is 16.1. The first-order chi connectivity index (χ1) is 13.0. The van der Waals surface area contributed by atoms with Crippen LogP contribution in [0.3, 0.4) is 0 Å². The number of carbonyl (C=O) groups excluding carboxylic acids is 1. The maximum atomic E-state index is 12.9. The van der Waals surface area contributed by atoms with Crippen molar-refractivity contribution in [2.24, 2.45) is 11.8 Å². The van der Waals surface area contributed by atoms with Gasteiger partial charge in [0, 0.05) is 23.2 Å². The summed E-state index contributed by atoms with van der Waals surface area (Å²) in [6.45, 7) is 6.57. The van der Waals surface area contributed by atoms with Gasteiger partial charge < -0.3 is 5.32 Å². The number of hydrogen-bond acceptors (Lipinski definition) is 3. The molecule has 1 aromatic carbocycles. The van der Waals surface area contributed by atoms with Gasteiger partial charge in [0.25, 0.3) is 5.56 Å². The summed E-state index contributed by atoms with van der Waals surface area (Å²) in [6.07, 6.45) is 3.44. The zero-order valence-electron chi connectivity index (χ0n) is 16.1. The second-order valence-electron chi connectivity index (χ2n) is 7.89. The average molecular weight is 366 g/mol. The molecule has 6 heteroatoms. The summed E-state index contributed by atoms with van der Waals surface area (Å²) >= 11 is 0. The Hall–Kier alpha value is -2.63. The van der Waals surface area contributed by atoms with Crippen molar-refractivity contribution in [3.63, 3.8) is 0 Å². The number of aromatic nitrogens is 3. The lowest BCUT2D eigenvalue weighted by Crippen LogP contribution is -2.45. The highest BCUT2D eigenvalue weighted by molar-refractivity contribution is 5.93. The first-order valence-corrected chi connectivity index (χ1v) is 9.73. The number of benzene rings is 1. The number of para-hydroxylation sites is 1. The van der Waals surface area contributed by atoms with Crippen LogP contribution in [0.4, 0.5) is 0 Å². The van der Waals surface area contributed by atoms with Gasteiger partial charge in [0.2, 0.25) is 5.91 Å². The van der Waals surface area contributed by atoms with Gasteiger partial charge in [-0.2, -0.15) is 4.98 Å². The average Bonchev–Trinajstić information content (AvgIpc) is 2.93. The summed E-state index contributed by atoms with van der Waals surface area (Å²) in [7, 11) is 0. The highest BCUT2D eigenvalue weighted by Crippen LogP contribution is 2.29. The number of amides is 1. The van der Waals surface area contributed by atoms with E-state index in [9.17, 15) is 9.59 Å². The maximum Gasteiger partial charge on any atom is 0.273 e. The number of nitrogens with zero attached hydrogens (tertiary/aromatic N) is 3. The van der Waals surface area contributed by atoms with E-state index in [1.54, 1.807) is 0 Å². The van der Waals surface area contributed by atoms with Crippen molar-refractivity contribution in [2.75, 3.05) is 0 Å². The van der Waals surface area contributed by atoms with E-state index in [4.69, 9.17) is 0 Å². The molecule has 2 aromatic heterocycles. The molecule has 1 saturated carbocycles. The molecule has 2 heterocycles. The minimum Gasteiger partial charge on any atom is -0.351 e. The summed E-state index contributed by atoms with van der Waals surface area (Å²) in [6, 6.07) is 9.50. The smallest absolute Gasteiger partial charge is 0.273 e. The minimum absolute atomic E-state index is 0.00158. The molecule has 1 aliphatic rings. The van der Waals surface area contributed by atoms with Crippen molar-refractivity contribution in [2.45, 2.75) is 52.6 Å². The number of fused-ring (bicyclic) bond motifs is 3. The Balaban J connectivity index is 1.71. The van der Waals surface area contributed by atoms with E-state index in [2.05, 4.69) is 24.1 Å². The predicted octanol–water partition coefficient (Wildman–Crippen LogP) is 2.90. The molecule has 1 N–H and O–H groups in total. The molecule has 1 aliphatic carbocycles. The van der Waals surface area contributed by atoms with Crippen LogP contribution >= 0.6 is 0 Å². The van der Waals surface area contributed by atoms with E-state index in [0.717, 1.165) is 29.4 Å². The maximum absolute atomic E-state index is 12.9. The van der Waals surface area contributed by atoms with Gasteiger partial charge in [-0.1, -0.05) is 38.8 Å². The molecule has 0 aliphatic heterocycles. The third kappa shape index (κ3) is 3.13. The fourth-order valence-electron chi connectivity index (χ4n) is 4.40. The number of carbonyl (C=O) groups is 1. The van der Waals surface area contributed by atoms with Crippen LogP contribution in [0.1, 0.15) is 38.8 Å². The molecular formula is C21H26N4O2. The van der Waals surface area contributed by atoms with Gasteiger partial charge >= 0.3 is 0 Å². The lowest BCUT2D eigenvalue weighted by Gasteiger charge is -2.34. The second kappa shape index (κ2) is 6.83. The molecule has 6 nitrogen and oxygen atoms in total. The van der Waals surface area contributed by atoms with Crippen LogP contribution in [-0.4, -0.2) is 26.1 Å². The van der Waals surface area contributed by atoms with Crippen molar-refractivity contribution < 1.29 is 4.79 Å². The van der Waals surface area contributed by atoms with Gasteiger partial charge in [0.1, 0.15) is 6.54 Å². The second-order valence-corrected chi connectivity index (χ2v) is 7.89. The van der Waals surface area contributed by atoms with Crippen LogP contribution in [0.5, 0.6) is 0 Å². The topological polar surface area (TPSA) is 68.4 Å². The Kier molecular flexibility index (Phi) is 4.50. The molecule has 3 aromatic rings. The lowest BCUT2D eigenvalue weighted by molar-refractivity contribution is -0.123. The van der Waals surface area contributed by atoms with Crippen LogP contribution in [-0.2, 0) is 11.3 Å². The number of aryl methyl sites for hydroxylation is 1. The number of hydrogen-bond donors (Lipinski definition) is 1. The van der Waals surface area contributed by atoms with Crippen LogP contribution in [0.25, 0.3) is 16.6 Å². The Labute approximate surface area is 158 Å². The Morgan fingerprint density at radius 1 is 1.26 bits per heavy atom. The fraction of sp³-hybridized carbons (Fsp3) is 0.476. The Morgan fingerprint density at radius 3 is 2.85 bits per heavy atom. The van der Waals surface area contributed by atoms with Gasteiger partial charge in [-0.3, -0.25) is 14.3 Å². The SMILES string of the molecule is Cc1cc(=O)nc2c3ccccc3n(CC(=O)N[C@@H]3CCC[C@H](C)[C@H]3C)n12. The molecule has 27 heavy (non-hydrogen) atoms. The summed E-state index contributed by atoms with van der Waals surface area (Å²) in [5, 5.41) is 4.12. The monoisotopic (exact) mass is 366 g/mol. The first kappa shape index (κ1) is 17.8. The van der Waals surface area contributed by atoms with E-state index < -0.39 is 0 Å². The fourth-order valence-corrected chi connectivity index (χ4v) is 4.40. The Morgan fingerprint density at radius 2 is 2.04 bits per heavy atom. The molecule has 4 rings (SSSR count). The summed E-state index contributed by atoms with van der Waals surface area (Å²) < 4.78 is 3.79. The van der Waals surface area contributed by atoms with Gasteiger partial charge in [-0.15, -0.1) is 0 Å².